The third-order valence-electron chi connectivity index (χ3n) is 1.90. The molecule has 0 bridgehead atoms. The number of phenols is 1. The smallest absolute Gasteiger partial charge is 0.136 e. The number of anilines is 1. The van der Waals surface area contributed by atoms with Crippen LogP contribution in [0.15, 0.2) is 18.2 Å². The molecule has 0 fully saturated rings. The lowest BCUT2D eigenvalue weighted by Gasteiger charge is -2.15. The summed E-state index contributed by atoms with van der Waals surface area (Å²) in [5.41, 5.74) is 1.22. The first-order valence-corrected chi connectivity index (χ1v) is 4.49. The molecule has 13 heavy (non-hydrogen) atoms. The van der Waals surface area contributed by atoms with E-state index in [9.17, 15) is 10.2 Å². The van der Waals surface area contributed by atoms with E-state index in [2.05, 4.69) is 17.5 Å². The average molecular weight is 198 g/mol. The molecule has 1 unspecified atom stereocenters. The molecule has 0 spiro atoms. The third kappa shape index (κ3) is 2.29. The van der Waals surface area contributed by atoms with Gasteiger partial charge in [0.15, 0.2) is 0 Å². The molecule has 4 heteroatoms. The Labute approximate surface area is 83.0 Å². The first-order chi connectivity index (χ1) is 6.19. The van der Waals surface area contributed by atoms with Crippen molar-refractivity contribution in [2.75, 3.05) is 4.72 Å². The minimum Gasteiger partial charge on any atom is -0.670 e. The number of nitrogens with one attached hydrogen (secondary N) is 1. The summed E-state index contributed by atoms with van der Waals surface area (Å²) in [7, 11) is 0. The van der Waals surface area contributed by atoms with E-state index in [4.69, 9.17) is 0 Å². The van der Waals surface area contributed by atoms with Crippen molar-refractivity contribution in [2.24, 2.45) is 0 Å². The molecule has 0 radical (unpaired) electrons. The molecule has 72 valence electrons. The molecule has 0 aliphatic heterocycles. The van der Waals surface area contributed by atoms with Crippen molar-refractivity contribution in [1.29, 1.82) is 0 Å². The van der Waals surface area contributed by atoms with Crippen molar-refractivity contribution in [3.05, 3.63) is 23.8 Å². The topological polar surface area (TPSA) is 52.5 Å². The van der Waals surface area contributed by atoms with Crippen molar-refractivity contribution < 1.29 is 10.2 Å². The fraction of sp³-hybridized carbons (Fsp3) is 0.333. The van der Waals surface area contributed by atoms with Crippen molar-refractivity contribution in [2.45, 2.75) is 19.4 Å². The van der Waals surface area contributed by atoms with Crippen molar-refractivity contribution >= 4 is 18.5 Å². The van der Waals surface area contributed by atoms with Crippen LogP contribution in [0.4, 0.5) is 5.69 Å². The van der Waals surface area contributed by atoms with Gasteiger partial charge >= 0.3 is 0 Å². The van der Waals surface area contributed by atoms with E-state index < -0.39 is 6.10 Å². The average Bonchev–Trinajstić information content (AvgIpc) is 2.17. The van der Waals surface area contributed by atoms with E-state index in [1.807, 2.05) is 6.92 Å². The second-order valence-electron chi connectivity index (χ2n) is 2.80. The predicted octanol–water partition coefficient (Wildman–Crippen LogP) is 1.71. The number of rotatable bonds is 3. The number of benzene rings is 1. The molecule has 1 atom stereocenters. The maximum atomic E-state index is 9.50. The molecule has 0 amide bonds. The van der Waals surface area contributed by atoms with Gasteiger partial charge in [-0.1, -0.05) is 13.0 Å². The largest absolute Gasteiger partial charge is 0.670 e. The molecule has 0 saturated heterocycles. The number of hydrogen-bond donors (Lipinski definition) is 3. The minimum absolute atomic E-state index is 0.0991. The highest BCUT2D eigenvalue weighted by Crippen LogP contribution is 2.27. The lowest BCUT2D eigenvalue weighted by atomic mass is 10.1. The van der Waals surface area contributed by atoms with Gasteiger partial charge in [-0.15, -0.1) is 0 Å². The Bertz CT molecular complexity index is 291. The Balaban J connectivity index is 2.99. The summed E-state index contributed by atoms with van der Waals surface area (Å²) in [6, 6.07) is 4.85. The highest BCUT2D eigenvalue weighted by Gasteiger charge is 2.06. The Kier molecular flexibility index (Phi) is 3.45. The zero-order valence-corrected chi connectivity index (χ0v) is 8.14. The highest BCUT2D eigenvalue weighted by atomic mass is 32.1. The van der Waals surface area contributed by atoms with Gasteiger partial charge in [0, 0.05) is 0 Å². The van der Waals surface area contributed by atoms with Crippen LogP contribution in [0.3, 0.4) is 0 Å². The van der Waals surface area contributed by atoms with Crippen molar-refractivity contribution in [1.82, 2.24) is 0 Å². The first kappa shape index (κ1) is 10.2. The van der Waals surface area contributed by atoms with E-state index >= 15 is 0 Å². The molecule has 3 nitrogen and oxygen atoms in total. The fourth-order valence-electron chi connectivity index (χ4n) is 1.08. The summed E-state index contributed by atoms with van der Waals surface area (Å²) in [5.74, 6) is 0.0991. The van der Waals surface area contributed by atoms with E-state index in [0.29, 0.717) is 12.1 Å². The van der Waals surface area contributed by atoms with Gasteiger partial charge in [-0.05, 0) is 24.1 Å². The minimum atomic E-state index is -0.498. The summed E-state index contributed by atoms with van der Waals surface area (Å²) < 4.78 is 2.44. The lowest BCUT2D eigenvalue weighted by molar-refractivity contribution is 0.173. The summed E-state index contributed by atoms with van der Waals surface area (Å²) in [6.45, 7) is 1.89. The Morgan fingerprint density at radius 1 is 1.54 bits per heavy atom. The standard InChI is InChI=1S/C9H12NO2S/c1-2-8(11)6-3-4-9(12)7(5-6)10-13/h3-5,8,10-12H,2H2,1H3/q-1. The number of phenolic OH excluding ortho intramolecular Hbond substituents is 1. The Morgan fingerprint density at radius 2 is 2.23 bits per heavy atom. The molecule has 0 aliphatic carbocycles. The summed E-state index contributed by atoms with van der Waals surface area (Å²) in [5, 5.41) is 18.8. The van der Waals surface area contributed by atoms with E-state index in [1.165, 1.54) is 6.07 Å². The highest BCUT2D eigenvalue weighted by molar-refractivity contribution is 7.60. The predicted molar refractivity (Wildman–Crippen MR) is 54.3 cm³/mol. The molecule has 0 aliphatic rings. The van der Waals surface area contributed by atoms with Crippen LogP contribution < -0.4 is 4.72 Å². The van der Waals surface area contributed by atoms with Gasteiger partial charge in [-0.25, -0.2) is 0 Å². The molecular formula is C9H12NO2S-. The SMILES string of the molecule is CCC(O)c1ccc(O)c(N[S-])c1. The van der Waals surface area contributed by atoms with E-state index in [1.54, 1.807) is 12.1 Å². The summed E-state index contributed by atoms with van der Waals surface area (Å²) in [6.07, 6.45) is 0.143. The normalized spacial score (nSPS) is 12.5. The van der Waals surface area contributed by atoms with Gasteiger partial charge in [0.2, 0.25) is 0 Å². The van der Waals surface area contributed by atoms with Gasteiger partial charge in [-0.3, -0.25) is 0 Å². The Morgan fingerprint density at radius 3 is 2.77 bits per heavy atom. The van der Waals surface area contributed by atoms with Gasteiger partial charge < -0.3 is 27.7 Å². The number of aliphatic hydroxyl groups is 1. The van der Waals surface area contributed by atoms with Gasteiger partial charge in [0.25, 0.3) is 0 Å². The van der Waals surface area contributed by atoms with E-state index in [-0.39, 0.29) is 5.75 Å². The summed E-state index contributed by atoms with van der Waals surface area (Å²) in [4.78, 5) is 0. The van der Waals surface area contributed by atoms with Gasteiger partial charge in [0.05, 0.1) is 11.8 Å². The van der Waals surface area contributed by atoms with Crippen LogP contribution in [0.2, 0.25) is 0 Å². The lowest BCUT2D eigenvalue weighted by Crippen LogP contribution is -1.96. The van der Waals surface area contributed by atoms with Gasteiger partial charge in [-0.2, -0.15) is 0 Å². The second-order valence-corrected chi connectivity index (χ2v) is 3.01. The van der Waals surface area contributed by atoms with Crippen LogP contribution in [0.1, 0.15) is 25.0 Å². The van der Waals surface area contributed by atoms with E-state index in [0.717, 1.165) is 5.56 Å². The number of aliphatic hydroxyl groups excluding tert-OH is 1. The molecular weight excluding hydrogens is 186 g/mol. The molecule has 1 aromatic rings. The van der Waals surface area contributed by atoms with Crippen LogP contribution in [-0.2, 0) is 12.8 Å². The van der Waals surface area contributed by atoms with Crippen LogP contribution in [0.5, 0.6) is 5.75 Å². The maximum absolute atomic E-state index is 9.50. The third-order valence-corrected chi connectivity index (χ3v) is 2.12. The second kappa shape index (κ2) is 4.39. The van der Waals surface area contributed by atoms with Crippen LogP contribution in [0, 0.1) is 0 Å². The zero-order valence-electron chi connectivity index (χ0n) is 7.32. The van der Waals surface area contributed by atoms with Crippen molar-refractivity contribution in [3.63, 3.8) is 0 Å². The molecule has 1 rings (SSSR count). The molecule has 1 aromatic carbocycles. The van der Waals surface area contributed by atoms with Crippen molar-refractivity contribution in [3.8, 4) is 5.75 Å². The Hall–Kier alpha value is -0.870. The van der Waals surface area contributed by atoms with Crippen LogP contribution >= 0.6 is 0 Å². The quantitative estimate of drug-likeness (QED) is 0.511. The maximum Gasteiger partial charge on any atom is 0.136 e. The summed E-state index contributed by atoms with van der Waals surface area (Å²) >= 11 is 4.60. The molecule has 0 aromatic heterocycles. The van der Waals surface area contributed by atoms with Gasteiger partial charge in [0.1, 0.15) is 5.75 Å². The first-order valence-electron chi connectivity index (χ1n) is 4.08. The zero-order chi connectivity index (χ0) is 9.84. The monoisotopic (exact) mass is 198 g/mol. The number of hydrogen-bond acceptors (Lipinski definition) is 4. The van der Waals surface area contributed by atoms with Crippen LogP contribution in [-0.4, -0.2) is 10.2 Å². The molecule has 3 N–H and O–H groups in total. The molecule has 0 saturated carbocycles. The van der Waals surface area contributed by atoms with Crippen LogP contribution in [0.25, 0.3) is 0 Å². The molecule has 0 heterocycles. The fourth-order valence-corrected chi connectivity index (χ4v) is 1.24. The number of aromatic hydroxyl groups is 1.